The SMILES string of the molecule is CCCCC/C=C\C/C=C\CCCCCCCCCCCC(=O)OC1C(OCC(NC(=O)C(O)CCCC/C=C\CCCCCCCC)C(O)/C=C/CCCCCCCCCCCCC)OC(CO)C(O)C1O. The highest BCUT2D eigenvalue weighted by molar-refractivity contribution is 5.80. The predicted octanol–water partition coefficient (Wildman–Crippen LogP) is 14.1. The van der Waals surface area contributed by atoms with Gasteiger partial charge in [0.15, 0.2) is 12.4 Å². The van der Waals surface area contributed by atoms with Gasteiger partial charge in [-0.25, -0.2) is 0 Å². The van der Waals surface area contributed by atoms with E-state index in [1.165, 1.54) is 154 Å². The van der Waals surface area contributed by atoms with Crippen molar-refractivity contribution >= 4 is 11.9 Å². The number of carbonyl (C=O) groups is 2. The van der Waals surface area contributed by atoms with E-state index < -0.39 is 67.4 Å². The Bertz CT molecular complexity index is 1370. The van der Waals surface area contributed by atoms with Crippen molar-refractivity contribution in [1.29, 1.82) is 0 Å². The second-order valence-corrected chi connectivity index (χ2v) is 21.1. The zero-order valence-corrected chi connectivity index (χ0v) is 47.0. The highest BCUT2D eigenvalue weighted by atomic mass is 16.7. The van der Waals surface area contributed by atoms with Crippen LogP contribution in [0.1, 0.15) is 271 Å². The Morgan fingerprint density at radius 3 is 1.44 bits per heavy atom. The number of unbranched alkanes of at least 4 members (excludes halogenated alkanes) is 31. The number of aliphatic hydroxyl groups excluding tert-OH is 5. The van der Waals surface area contributed by atoms with Gasteiger partial charge in [-0.3, -0.25) is 9.59 Å². The molecule has 8 unspecified atom stereocenters. The van der Waals surface area contributed by atoms with E-state index in [0.29, 0.717) is 12.8 Å². The van der Waals surface area contributed by atoms with E-state index in [1.807, 2.05) is 6.08 Å². The summed E-state index contributed by atoms with van der Waals surface area (Å²) in [5.74, 6) is -1.21. The largest absolute Gasteiger partial charge is 0.454 e. The van der Waals surface area contributed by atoms with E-state index in [2.05, 4.69) is 62.5 Å². The molecular formula is C62H113NO10. The summed E-state index contributed by atoms with van der Waals surface area (Å²) in [6.07, 6.45) is 50.1. The van der Waals surface area contributed by atoms with Gasteiger partial charge in [0.2, 0.25) is 5.91 Å². The molecular weight excluding hydrogens is 919 g/mol. The molecule has 0 spiro atoms. The average Bonchev–Trinajstić information content (AvgIpc) is 3.39. The second kappa shape index (κ2) is 50.4. The van der Waals surface area contributed by atoms with Gasteiger partial charge in [-0.2, -0.15) is 0 Å². The number of esters is 1. The van der Waals surface area contributed by atoms with E-state index in [9.17, 15) is 35.1 Å². The van der Waals surface area contributed by atoms with E-state index in [4.69, 9.17) is 14.2 Å². The van der Waals surface area contributed by atoms with Gasteiger partial charge in [-0.15, -0.1) is 0 Å². The number of aliphatic hydroxyl groups is 5. The van der Waals surface area contributed by atoms with Crippen LogP contribution in [0, 0.1) is 0 Å². The summed E-state index contributed by atoms with van der Waals surface area (Å²) < 4.78 is 17.6. The summed E-state index contributed by atoms with van der Waals surface area (Å²) in [6, 6.07) is -1.03. The molecule has 0 aromatic carbocycles. The Morgan fingerprint density at radius 1 is 0.534 bits per heavy atom. The monoisotopic (exact) mass is 1030 g/mol. The number of hydrogen-bond donors (Lipinski definition) is 6. The molecule has 426 valence electrons. The standard InChI is InChI=1S/C62H113NO10/c1-4-7-10-13-16-19-22-25-26-27-28-29-30-32-35-38-41-44-47-50-57(67)73-60-59(69)58(68)56(51-64)72-62(60)71-52-53(54(65)48-45-42-39-36-34-31-23-20-17-14-11-8-5-2)63-61(70)55(66)49-46-43-40-37-33-24-21-18-15-12-9-6-3/h16,19,25-26,33,37,45,48,53-56,58-60,62,64-66,68-69H,4-15,17-18,20-24,27-32,34-36,38-44,46-47,49-52H2,1-3H3,(H,63,70)/b19-16-,26-25-,37-33-,48-45+. The molecule has 1 aliphatic rings. The van der Waals surface area contributed by atoms with Gasteiger partial charge in [0, 0.05) is 6.42 Å². The fraction of sp³-hybridized carbons (Fsp3) is 0.839. The number of hydrogen-bond acceptors (Lipinski definition) is 10. The van der Waals surface area contributed by atoms with E-state index in [1.54, 1.807) is 6.08 Å². The molecule has 1 aliphatic heterocycles. The van der Waals surface area contributed by atoms with E-state index in [-0.39, 0.29) is 19.4 Å². The van der Waals surface area contributed by atoms with E-state index in [0.717, 1.165) is 70.6 Å². The van der Waals surface area contributed by atoms with Crippen molar-refractivity contribution < 1.29 is 49.3 Å². The molecule has 0 aliphatic carbocycles. The van der Waals surface area contributed by atoms with Gasteiger partial charge < -0.3 is 45.1 Å². The number of nitrogens with one attached hydrogen (secondary N) is 1. The molecule has 0 bridgehead atoms. The van der Waals surface area contributed by atoms with Crippen molar-refractivity contribution in [1.82, 2.24) is 5.32 Å². The van der Waals surface area contributed by atoms with Crippen LogP contribution in [0.15, 0.2) is 48.6 Å². The lowest BCUT2D eigenvalue weighted by Gasteiger charge is -2.41. The number of carbonyl (C=O) groups excluding carboxylic acids is 2. The number of amides is 1. The van der Waals surface area contributed by atoms with Crippen LogP contribution in [0.4, 0.5) is 0 Å². The molecule has 6 N–H and O–H groups in total. The minimum Gasteiger partial charge on any atom is -0.454 e. The Morgan fingerprint density at radius 2 is 0.945 bits per heavy atom. The van der Waals surface area contributed by atoms with Crippen molar-refractivity contribution in [2.75, 3.05) is 13.2 Å². The summed E-state index contributed by atoms with van der Waals surface area (Å²) in [7, 11) is 0. The van der Waals surface area contributed by atoms with Crippen LogP contribution in [-0.2, 0) is 23.8 Å². The van der Waals surface area contributed by atoms with Crippen LogP contribution in [0.3, 0.4) is 0 Å². The average molecular weight is 1030 g/mol. The normalized spacial score (nSPS) is 19.7. The highest BCUT2D eigenvalue weighted by Crippen LogP contribution is 2.26. The third kappa shape index (κ3) is 38.8. The second-order valence-electron chi connectivity index (χ2n) is 21.1. The Labute approximate surface area is 446 Å². The summed E-state index contributed by atoms with van der Waals surface area (Å²) >= 11 is 0. The molecule has 1 heterocycles. The van der Waals surface area contributed by atoms with Gasteiger partial charge in [0.1, 0.15) is 24.4 Å². The zero-order chi connectivity index (χ0) is 53.3. The molecule has 0 saturated carbocycles. The van der Waals surface area contributed by atoms with Crippen molar-refractivity contribution in [3.05, 3.63) is 48.6 Å². The third-order valence-electron chi connectivity index (χ3n) is 14.2. The van der Waals surface area contributed by atoms with Crippen molar-refractivity contribution in [2.45, 2.75) is 320 Å². The van der Waals surface area contributed by atoms with Crippen LogP contribution < -0.4 is 5.32 Å². The van der Waals surface area contributed by atoms with Crippen molar-refractivity contribution in [2.24, 2.45) is 0 Å². The molecule has 0 radical (unpaired) electrons. The van der Waals surface area contributed by atoms with Gasteiger partial charge in [-0.1, -0.05) is 230 Å². The van der Waals surface area contributed by atoms with Gasteiger partial charge in [0.05, 0.1) is 25.4 Å². The first kappa shape index (κ1) is 68.6. The lowest BCUT2D eigenvalue weighted by molar-refractivity contribution is -0.305. The predicted molar refractivity (Wildman–Crippen MR) is 301 cm³/mol. The minimum atomic E-state index is -1.62. The molecule has 8 atom stereocenters. The number of ether oxygens (including phenoxy) is 3. The van der Waals surface area contributed by atoms with Crippen LogP contribution in [0.5, 0.6) is 0 Å². The molecule has 0 aromatic heterocycles. The van der Waals surface area contributed by atoms with Gasteiger partial charge >= 0.3 is 5.97 Å². The molecule has 11 heteroatoms. The number of allylic oxidation sites excluding steroid dienone is 7. The maximum Gasteiger partial charge on any atom is 0.306 e. The first-order chi connectivity index (χ1) is 35.7. The lowest BCUT2D eigenvalue weighted by atomic mass is 9.99. The van der Waals surface area contributed by atoms with Gasteiger partial charge in [-0.05, 0) is 83.5 Å². The molecule has 1 amide bonds. The van der Waals surface area contributed by atoms with Gasteiger partial charge in [0.25, 0.3) is 0 Å². The summed E-state index contributed by atoms with van der Waals surface area (Å²) in [5.41, 5.74) is 0. The van der Waals surface area contributed by atoms with Crippen LogP contribution in [0.2, 0.25) is 0 Å². The topological polar surface area (TPSA) is 175 Å². The first-order valence-electron chi connectivity index (χ1n) is 30.4. The zero-order valence-electron chi connectivity index (χ0n) is 47.0. The first-order valence-corrected chi connectivity index (χ1v) is 30.4. The Hall–Kier alpha value is -2.38. The third-order valence-corrected chi connectivity index (χ3v) is 14.2. The highest BCUT2D eigenvalue weighted by Gasteiger charge is 2.47. The smallest absolute Gasteiger partial charge is 0.306 e. The van der Waals surface area contributed by atoms with Crippen LogP contribution in [-0.4, -0.2) is 99.6 Å². The Balaban J connectivity index is 2.69. The maximum atomic E-state index is 13.4. The quantitative estimate of drug-likeness (QED) is 0.0195. The molecule has 73 heavy (non-hydrogen) atoms. The fourth-order valence-corrected chi connectivity index (χ4v) is 9.32. The van der Waals surface area contributed by atoms with Crippen molar-refractivity contribution in [3.63, 3.8) is 0 Å². The molecule has 1 rings (SSSR count). The Kier molecular flexibility index (Phi) is 47.4. The minimum absolute atomic E-state index is 0.117. The molecule has 0 aromatic rings. The lowest BCUT2D eigenvalue weighted by Crippen LogP contribution is -2.61. The molecule has 1 fully saturated rings. The van der Waals surface area contributed by atoms with Crippen molar-refractivity contribution in [3.8, 4) is 0 Å². The van der Waals surface area contributed by atoms with Crippen LogP contribution >= 0.6 is 0 Å². The molecule has 1 saturated heterocycles. The summed E-state index contributed by atoms with van der Waals surface area (Å²) in [4.78, 5) is 26.5. The summed E-state index contributed by atoms with van der Waals surface area (Å²) in [6.45, 7) is 5.75. The van der Waals surface area contributed by atoms with Crippen LogP contribution in [0.25, 0.3) is 0 Å². The van der Waals surface area contributed by atoms with E-state index >= 15 is 0 Å². The number of rotatable bonds is 51. The summed E-state index contributed by atoms with van der Waals surface area (Å²) in [5, 5.41) is 56.9. The maximum absolute atomic E-state index is 13.4. The molecule has 11 nitrogen and oxygen atoms in total. The fourth-order valence-electron chi connectivity index (χ4n) is 9.32.